The minimum absolute atomic E-state index is 0.00247. The summed E-state index contributed by atoms with van der Waals surface area (Å²) in [6.45, 7) is 4.89. The number of rotatable bonds is 8. The van der Waals surface area contributed by atoms with Gasteiger partial charge in [-0.1, -0.05) is 24.3 Å². The second-order valence-electron chi connectivity index (χ2n) is 8.87. The summed E-state index contributed by atoms with van der Waals surface area (Å²) in [4.78, 5) is 37.0. The predicted molar refractivity (Wildman–Crippen MR) is 120 cm³/mol. The van der Waals surface area contributed by atoms with Crippen molar-refractivity contribution in [3.05, 3.63) is 65.2 Å². The highest BCUT2D eigenvalue weighted by Gasteiger charge is 2.31. The summed E-state index contributed by atoms with van der Waals surface area (Å²) < 4.78 is 43.5. The summed E-state index contributed by atoms with van der Waals surface area (Å²) in [6.07, 6.45) is -5.76. The predicted octanol–water partition coefficient (Wildman–Crippen LogP) is 3.66. The number of amides is 2. The Labute approximate surface area is 200 Å². The van der Waals surface area contributed by atoms with Crippen molar-refractivity contribution in [1.29, 1.82) is 0 Å². The number of carbonyl (C=O) groups excluding carboxylic acids is 2. The molecule has 2 aromatic carbocycles. The second kappa shape index (κ2) is 11.1. The third kappa shape index (κ3) is 9.19. The molecule has 2 atom stereocenters. The van der Waals surface area contributed by atoms with E-state index >= 15 is 0 Å². The number of phenolic OH excluding ortho intramolecular Hbond substituents is 1. The molecule has 0 saturated heterocycles. The fraction of sp³-hybridized carbons (Fsp3) is 0.375. The number of carboxylic acids is 1. The highest BCUT2D eigenvalue weighted by Crippen LogP contribution is 2.29. The van der Waals surface area contributed by atoms with Gasteiger partial charge < -0.3 is 25.6 Å². The SMILES string of the molecule is CC(C)(C)OC(=O)N[C@@H](Cc1ccc(O)cc1)C(=O)NC(Cc1ccc(C(F)(F)F)cc1)C(=O)O. The fourth-order valence-electron chi connectivity index (χ4n) is 3.06. The quantitative estimate of drug-likeness (QED) is 0.442. The molecule has 1 unspecified atom stereocenters. The number of halogens is 3. The third-order valence-electron chi connectivity index (χ3n) is 4.72. The van der Waals surface area contributed by atoms with Gasteiger partial charge in [-0.15, -0.1) is 0 Å². The number of hydrogen-bond acceptors (Lipinski definition) is 5. The average Bonchev–Trinajstić information content (AvgIpc) is 2.72. The summed E-state index contributed by atoms with van der Waals surface area (Å²) in [6, 6.07) is 7.07. The Hall–Kier alpha value is -3.76. The minimum Gasteiger partial charge on any atom is -0.508 e. The normalized spacial score (nSPS) is 13.4. The van der Waals surface area contributed by atoms with Gasteiger partial charge in [-0.05, 0) is 56.2 Å². The Morgan fingerprint density at radius 3 is 1.80 bits per heavy atom. The molecule has 0 aromatic heterocycles. The molecular formula is C24H27F3N2O6. The molecule has 0 spiro atoms. The highest BCUT2D eigenvalue weighted by atomic mass is 19.4. The van der Waals surface area contributed by atoms with Crippen LogP contribution in [0.4, 0.5) is 18.0 Å². The molecule has 0 radical (unpaired) electrons. The van der Waals surface area contributed by atoms with E-state index in [9.17, 15) is 37.8 Å². The van der Waals surface area contributed by atoms with Crippen molar-refractivity contribution in [1.82, 2.24) is 10.6 Å². The lowest BCUT2D eigenvalue weighted by Crippen LogP contribution is -2.53. The maximum absolute atomic E-state index is 13.0. The van der Waals surface area contributed by atoms with Crippen LogP contribution in [-0.2, 0) is 33.3 Å². The fourth-order valence-corrected chi connectivity index (χ4v) is 3.06. The van der Waals surface area contributed by atoms with Crippen molar-refractivity contribution in [3.63, 3.8) is 0 Å². The van der Waals surface area contributed by atoms with Gasteiger partial charge in [0.2, 0.25) is 5.91 Å². The summed E-state index contributed by atoms with van der Waals surface area (Å²) in [7, 11) is 0. The first kappa shape index (κ1) is 27.5. The number of benzene rings is 2. The first-order valence-electron chi connectivity index (χ1n) is 10.6. The number of aromatic hydroxyl groups is 1. The van der Waals surface area contributed by atoms with Crippen LogP contribution in [0.25, 0.3) is 0 Å². The van der Waals surface area contributed by atoms with Gasteiger partial charge in [0.05, 0.1) is 5.56 Å². The van der Waals surface area contributed by atoms with E-state index in [1.54, 1.807) is 20.8 Å². The molecule has 11 heteroatoms. The number of phenols is 1. The van der Waals surface area contributed by atoms with Gasteiger partial charge in [0.15, 0.2) is 0 Å². The summed E-state index contributed by atoms with van der Waals surface area (Å²) in [5.41, 5.74) is -0.905. The van der Waals surface area contributed by atoms with Gasteiger partial charge >= 0.3 is 18.2 Å². The zero-order chi connectivity index (χ0) is 26.4. The van der Waals surface area contributed by atoms with Crippen molar-refractivity contribution in [3.8, 4) is 5.75 Å². The molecular weight excluding hydrogens is 469 g/mol. The van der Waals surface area contributed by atoms with Crippen molar-refractivity contribution in [2.24, 2.45) is 0 Å². The van der Waals surface area contributed by atoms with Crippen molar-refractivity contribution in [2.75, 3.05) is 0 Å². The Bertz CT molecular complexity index is 1030. The number of alkyl carbamates (subject to hydrolysis) is 1. The molecule has 2 rings (SSSR count). The smallest absolute Gasteiger partial charge is 0.416 e. The van der Waals surface area contributed by atoms with Gasteiger partial charge in [-0.3, -0.25) is 4.79 Å². The van der Waals surface area contributed by atoms with Gasteiger partial charge in [0, 0.05) is 12.8 Å². The highest BCUT2D eigenvalue weighted by molar-refractivity contribution is 5.89. The molecule has 0 bridgehead atoms. The van der Waals surface area contributed by atoms with Gasteiger partial charge in [-0.2, -0.15) is 13.2 Å². The Balaban J connectivity index is 2.19. The Morgan fingerprint density at radius 2 is 1.34 bits per heavy atom. The van der Waals surface area contributed by atoms with Crippen molar-refractivity contribution < 1.29 is 42.5 Å². The maximum atomic E-state index is 13.0. The van der Waals surface area contributed by atoms with Crippen molar-refractivity contribution >= 4 is 18.0 Å². The average molecular weight is 496 g/mol. The molecule has 0 fully saturated rings. The lowest BCUT2D eigenvalue weighted by atomic mass is 10.0. The monoisotopic (exact) mass is 496 g/mol. The number of nitrogens with one attached hydrogen (secondary N) is 2. The van der Waals surface area contributed by atoms with Crippen LogP contribution >= 0.6 is 0 Å². The van der Waals surface area contributed by atoms with E-state index in [1.165, 1.54) is 24.3 Å². The topological polar surface area (TPSA) is 125 Å². The molecule has 35 heavy (non-hydrogen) atoms. The second-order valence-corrected chi connectivity index (χ2v) is 8.87. The summed E-state index contributed by atoms with van der Waals surface area (Å²) in [5, 5.41) is 23.8. The summed E-state index contributed by atoms with van der Waals surface area (Å²) in [5.74, 6) is -2.24. The number of ether oxygens (including phenoxy) is 1. The van der Waals surface area contributed by atoms with Gasteiger partial charge in [-0.25, -0.2) is 9.59 Å². The van der Waals surface area contributed by atoms with Crippen LogP contribution in [0, 0.1) is 0 Å². The standard InChI is InChI=1S/C24H27F3N2O6/c1-23(2,3)35-22(34)29-18(12-15-6-10-17(30)11-7-15)20(31)28-19(21(32)33)13-14-4-8-16(9-5-14)24(25,26)27/h4-11,18-19,30H,12-13H2,1-3H3,(H,28,31)(H,29,34)(H,32,33)/t18-,19?/m0/s1. The summed E-state index contributed by atoms with van der Waals surface area (Å²) >= 11 is 0. The number of carboxylic acid groups (broad SMARTS) is 1. The molecule has 2 aromatic rings. The van der Waals surface area contributed by atoms with Crippen LogP contribution in [0.5, 0.6) is 5.75 Å². The third-order valence-corrected chi connectivity index (χ3v) is 4.72. The Morgan fingerprint density at radius 1 is 0.857 bits per heavy atom. The molecule has 4 N–H and O–H groups in total. The van der Waals surface area contributed by atoms with E-state index in [1.807, 2.05) is 0 Å². The van der Waals surface area contributed by atoms with E-state index in [-0.39, 0.29) is 24.2 Å². The molecule has 0 aliphatic heterocycles. The minimum atomic E-state index is -4.53. The van der Waals surface area contributed by atoms with E-state index in [4.69, 9.17) is 4.74 Å². The molecule has 2 amide bonds. The zero-order valence-corrected chi connectivity index (χ0v) is 19.3. The number of aliphatic carboxylic acids is 1. The van der Waals surface area contributed by atoms with Gasteiger partial charge in [0.25, 0.3) is 0 Å². The molecule has 0 aliphatic rings. The van der Waals surface area contributed by atoms with Gasteiger partial charge in [0.1, 0.15) is 23.4 Å². The molecule has 0 aliphatic carbocycles. The van der Waals surface area contributed by atoms with E-state index in [2.05, 4.69) is 10.6 Å². The lowest BCUT2D eigenvalue weighted by molar-refractivity contribution is -0.142. The molecule has 0 saturated carbocycles. The van der Waals surface area contributed by atoms with E-state index in [0.29, 0.717) is 5.56 Å². The molecule has 8 nitrogen and oxygen atoms in total. The van der Waals surface area contributed by atoms with E-state index < -0.39 is 47.4 Å². The zero-order valence-electron chi connectivity index (χ0n) is 19.3. The lowest BCUT2D eigenvalue weighted by Gasteiger charge is -2.24. The van der Waals surface area contributed by atoms with Crippen LogP contribution in [0.1, 0.15) is 37.5 Å². The van der Waals surface area contributed by atoms with Crippen LogP contribution in [0.3, 0.4) is 0 Å². The Kier molecular flexibility index (Phi) is 8.72. The maximum Gasteiger partial charge on any atom is 0.416 e. The van der Waals surface area contributed by atoms with Crippen LogP contribution in [-0.4, -0.2) is 45.9 Å². The van der Waals surface area contributed by atoms with Crippen LogP contribution in [0.2, 0.25) is 0 Å². The number of hydrogen-bond donors (Lipinski definition) is 4. The van der Waals surface area contributed by atoms with E-state index in [0.717, 1.165) is 24.3 Å². The largest absolute Gasteiger partial charge is 0.508 e. The molecule has 0 heterocycles. The first-order valence-corrected chi connectivity index (χ1v) is 10.6. The molecule has 190 valence electrons. The van der Waals surface area contributed by atoms with Crippen LogP contribution < -0.4 is 10.6 Å². The number of carbonyl (C=O) groups is 3. The number of alkyl halides is 3. The van der Waals surface area contributed by atoms with Crippen LogP contribution in [0.15, 0.2) is 48.5 Å². The first-order chi connectivity index (χ1) is 16.1. The van der Waals surface area contributed by atoms with Crippen molar-refractivity contribution in [2.45, 2.75) is 57.5 Å².